The molecule has 1 aromatic carbocycles. The van der Waals surface area contributed by atoms with Gasteiger partial charge in [-0.1, -0.05) is 18.2 Å². The van der Waals surface area contributed by atoms with E-state index in [1.807, 2.05) is 18.2 Å². The van der Waals surface area contributed by atoms with E-state index in [4.69, 9.17) is 5.73 Å². The zero-order valence-electron chi connectivity index (χ0n) is 11.9. The van der Waals surface area contributed by atoms with Crippen LogP contribution < -0.4 is 11.1 Å². The molecule has 3 N–H and O–H groups in total. The van der Waals surface area contributed by atoms with E-state index in [1.165, 1.54) is 0 Å². The van der Waals surface area contributed by atoms with Crippen molar-refractivity contribution in [1.29, 1.82) is 0 Å². The number of nitrogens with one attached hydrogen (secondary N) is 1. The van der Waals surface area contributed by atoms with Gasteiger partial charge < -0.3 is 11.1 Å². The van der Waals surface area contributed by atoms with Crippen molar-refractivity contribution in [1.82, 2.24) is 0 Å². The van der Waals surface area contributed by atoms with Crippen LogP contribution in [0.3, 0.4) is 0 Å². The van der Waals surface area contributed by atoms with Crippen molar-refractivity contribution in [2.24, 2.45) is 5.73 Å². The molecule has 1 aromatic rings. The van der Waals surface area contributed by atoms with E-state index in [2.05, 4.69) is 11.9 Å². The molecule has 7 heteroatoms. The number of amides is 1. The quantitative estimate of drug-likeness (QED) is 0.560. The second kappa shape index (κ2) is 8.21. The molecule has 5 nitrogen and oxygen atoms in total. The molecule has 0 saturated carbocycles. The average molecular weight is 328 g/mol. The first kappa shape index (κ1) is 17.7. The lowest BCUT2D eigenvalue weighted by molar-refractivity contribution is -0.117. The summed E-state index contributed by atoms with van der Waals surface area (Å²) in [6, 6.07) is 6.52. The normalized spacial score (nSPS) is 12.7. The number of rotatable bonds is 8. The van der Waals surface area contributed by atoms with Crippen LogP contribution in [0.25, 0.3) is 0 Å². The Bertz CT molecular complexity index is 600. The zero-order valence-corrected chi connectivity index (χ0v) is 13.5. The van der Waals surface area contributed by atoms with Crippen LogP contribution in [0.4, 0.5) is 5.69 Å². The Morgan fingerprint density at radius 3 is 2.76 bits per heavy atom. The topological polar surface area (TPSA) is 89.3 Å². The number of anilines is 1. The smallest absolute Gasteiger partial charge is 0.241 e. The fourth-order valence-electron chi connectivity index (χ4n) is 1.54. The molecule has 0 aliphatic carbocycles. The summed E-state index contributed by atoms with van der Waals surface area (Å²) in [6.45, 7) is 3.66. The molecule has 0 heterocycles. The van der Waals surface area contributed by atoms with Gasteiger partial charge in [-0.3, -0.25) is 4.79 Å². The molecule has 1 atom stereocenters. The summed E-state index contributed by atoms with van der Waals surface area (Å²) < 4.78 is 22.2. The fraction of sp³-hybridized carbons (Fsp3) is 0.357. The molecule has 1 unspecified atom stereocenters. The number of thioether (sulfide) groups is 1. The number of carbonyl (C=O) groups is 1. The minimum Gasteiger partial charge on any atom is -0.324 e. The summed E-state index contributed by atoms with van der Waals surface area (Å²) in [5, 5.41) is 2.74. The molecule has 0 aliphatic heterocycles. The van der Waals surface area contributed by atoms with Crippen molar-refractivity contribution in [2.75, 3.05) is 23.1 Å². The number of benzene rings is 1. The standard InChI is InChI=1S/C14H20N2O3S2/c1-3-9-20-13-7-5-4-6-12(13)16-14(17)11(15)8-10-21(2,18)19/h3-7,11H,1,8-10,15H2,2H3,(H,16,17). The second-order valence-corrected chi connectivity index (χ2v) is 7.93. The largest absolute Gasteiger partial charge is 0.324 e. The molecule has 1 rings (SSSR count). The summed E-state index contributed by atoms with van der Waals surface area (Å²) in [7, 11) is -3.12. The van der Waals surface area contributed by atoms with Crippen LogP contribution in [0.2, 0.25) is 0 Å². The lowest BCUT2D eigenvalue weighted by atomic mass is 10.2. The molecular weight excluding hydrogens is 308 g/mol. The summed E-state index contributed by atoms with van der Waals surface area (Å²) >= 11 is 1.55. The maximum Gasteiger partial charge on any atom is 0.241 e. The van der Waals surface area contributed by atoms with Gasteiger partial charge in [0.15, 0.2) is 0 Å². The van der Waals surface area contributed by atoms with Crippen molar-refractivity contribution in [3.8, 4) is 0 Å². The Kier molecular flexibility index (Phi) is 6.94. The number of carbonyl (C=O) groups excluding carboxylic acids is 1. The van der Waals surface area contributed by atoms with Gasteiger partial charge in [0.1, 0.15) is 9.84 Å². The summed E-state index contributed by atoms with van der Waals surface area (Å²) in [5.41, 5.74) is 6.39. The number of para-hydroxylation sites is 1. The molecule has 0 spiro atoms. The molecule has 0 aromatic heterocycles. The molecule has 0 radical (unpaired) electrons. The van der Waals surface area contributed by atoms with Gasteiger partial charge in [0.2, 0.25) is 5.91 Å². The molecular formula is C14H20N2O3S2. The maximum absolute atomic E-state index is 12.0. The molecule has 0 saturated heterocycles. The fourth-order valence-corrected chi connectivity index (χ4v) is 2.97. The van der Waals surface area contributed by atoms with E-state index in [9.17, 15) is 13.2 Å². The van der Waals surface area contributed by atoms with Gasteiger partial charge in [0.25, 0.3) is 0 Å². The molecule has 116 valence electrons. The number of hydrogen-bond donors (Lipinski definition) is 2. The molecule has 1 amide bonds. The Labute approximate surface area is 129 Å². The van der Waals surface area contributed by atoms with Crippen LogP contribution in [0.15, 0.2) is 41.8 Å². The monoisotopic (exact) mass is 328 g/mol. The Hall–Kier alpha value is -1.31. The van der Waals surface area contributed by atoms with Gasteiger partial charge in [0, 0.05) is 16.9 Å². The van der Waals surface area contributed by atoms with Gasteiger partial charge in [0.05, 0.1) is 17.5 Å². The first-order valence-electron chi connectivity index (χ1n) is 6.40. The van der Waals surface area contributed by atoms with Crippen molar-refractivity contribution >= 4 is 33.2 Å². The Balaban J connectivity index is 2.67. The highest BCUT2D eigenvalue weighted by Crippen LogP contribution is 2.27. The highest BCUT2D eigenvalue weighted by atomic mass is 32.2. The van der Waals surface area contributed by atoms with E-state index in [1.54, 1.807) is 23.9 Å². The van der Waals surface area contributed by atoms with Crippen molar-refractivity contribution < 1.29 is 13.2 Å². The van der Waals surface area contributed by atoms with E-state index < -0.39 is 15.9 Å². The zero-order chi connectivity index (χ0) is 15.9. The first-order valence-corrected chi connectivity index (χ1v) is 9.45. The van der Waals surface area contributed by atoms with E-state index in [0.29, 0.717) is 5.69 Å². The first-order chi connectivity index (χ1) is 9.83. The second-order valence-electron chi connectivity index (χ2n) is 4.61. The number of nitrogens with two attached hydrogens (primary N) is 1. The number of hydrogen-bond acceptors (Lipinski definition) is 5. The maximum atomic E-state index is 12.0. The van der Waals surface area contributed by atoms with Gasteiger partial charge in [-0.05, 0) is 18.6 Å². The van der Waals surface area contributed by atoms with Crippen LogP contribution >= 0.6 is 11.8 Å². The van der Waals surface area contributed by atoms with E-state index >= 15 is 0 Å². The van der Waals surface area contributed by atoms with Crippen molar-refractivity contribution in [3.63, 3.8) is 0 Å². The van der Waals surface area contributed by atoms with Crippen molar-refractivity contribution in [2.45, 2.75) is 17.4 Å². The molecule has 0 aliphatic rings. The van der Waals surface area contributed by atoms with Crippen LogP contribution in [0.1, 0.15) is 6.42 Å². The molecule has 0 fully saturated rings. The summed E-state index contributed by atoms with van der Waals surface area (Å²) in [6.07, 6.45) is 3.01. The van der Waals surface area contributed by atoms with E-state index in [0.717, 1.165) is 16.9 Å². The third-order valence-corrected chi connectivity index (χ3v) is 4.68. The van der Waals surface area contributed by atoms with Gasteiger partial charge in [-0.15, -0.1) is 18.3 Å². The Morgan fingerprint density at radius 2 is 2.14 bits per heavy atom. The third kappa shape index (κ3) is 6.79. The van der Waals surface area contributed by atoms with Crippen LogP contribution in [0, 0.1) is 0 Å². The Morgan fingerprint density at radius 1 is 1.48 bits per heavy atom. The SMILES string of the molecule is C=CCSc1ccccc1NC(=O)C(N)CCS(C)(=O)=O. The van der Waals surface area contributed by atoms with Gasteiger partial charge in [-0.2, -0.15) is 0 Å². The van der Waals surface area contributed by atoms with Gasteiger partial charge >= 0.3 is 0 Å². The highest BCUT2D eigenvalue weighted by Gasteiger charge is 2.17. The summed E-state index contributed by atoms with van der Waals surface area (Å²) in [4.78, 5) is 12.9. The van der Waals surface area contributed by atoms with Crippen LogP contribution in [0.5, 0.6) is 0 Å². The van der Waals surface area contributed by atoms with Crippen molar-refractivity contribution in [3.05, 3.63) is 36.9 Å². The number of sulfone groups is 1. The van der Waals surface area contributed by atoms with Crippen LogP contribution in [-0.4, -0.2) is 38.1 Å². The van der Waals surface area contributed by atoms with Gasteiger partial charge in [-0.25, -0.2) is 8.42 Å². The third-order valence-electron chi connectivity index (χ3n) is 2.64. The lowest BCUT2D eigenvalue weighted by Gasteiger charge is -2.14. The summed E-state index contributed by atoms with van der Waals surface area (Å²) in [5.74, 6) is 0.242. The van der Waals surface area contributed by atoms with E-state index in [-0.39, 0.29) is 18.1 Å². The average Bonchev–Trinajstić information content (AvgIpc) is 2.43. The molecule has 21 heavy (non-hydrogen) atoms. The van der Waals surface area contributed by atoms with Crippen LogP contribution in [-0.2, 0) is 14.6 Å². The predicted octanol–water partition coefficient (Wildman–Crippen LogP) is 1.67. The predicted molar refractivity (Wildman–Crippen MR) is 88.3 cm³/mol. The highest BCUT2D eigenvalue weighted by molar-refractivity contribution is 7.99. The lowest BCUT2D eigenvalue weighted by Crippen LogP contribution is -2.37. The minimum atomic E-state index is -3.12. The molecule has 0 bridgehead atoms. The minimum absolute atomic E-state index is 0.103.